The molecule has 142 valence electrons. The van der Waals surface area contributed by atoms with Gasteiger partial charge in [0.05, 0.1) is 39.0 Å². The van der Waals surface area contributed by atoms with Crippen LogP contribution < -0.4 is 9.80 Å². The molecule has 3 rings (SSSR count). The first kappa shape index (κ1) is 18.8. The van der Waals surface area contributed by atoms with Crippen molar-refractivity contribution in [1.82, 2.24) is 4.90 Å². The number of aromatic hydroxyl groups is 1. The number of para-hydroxylation sites is 2. The van der Waals surface area contributed by atoms with Crippen molar-refractivity contribution >= 4 is 29.3 Å². The van der Waals surface area contributed by atoms with Crippen molar-refractivity contribution < 1.29 is 24.3 Å². The van der Waals surface area contributed by atoms with Crippen LogP contribution in [0.2, 0.25) is 0 Å². The van der Waals surface area contributed by atoms with Crippen LogP contribution >= 0.6 is 11.8 Å². The molecule has 1 aromatic rings. The number of hydrogen-bond donors (Lipinski definition) is 2. The molecule has 26 heavy (non-hydrogen) atoms. The van der Waals surface area contributed by atoms with Crippen LogP contribution in [0.4, 0.5) is 5.69 Å². The van der Waals surface area contributed by atoms with E-state index in [4.69, 9.17) is 4.74 Å². The topological polar surface area (TPSA) is 74.5 Å². The van der Waals surface area contributed by atoms with E-state index in [1.807, 2.05) is 18.2 Å². The highest BCUT2D eigenvalue weighted by atomic mass is 32.2. The third-order valence-electron chi connectivity index (χ3n) is 4.98. The number of amides is 1. The zero-order chi connectivity index (χ0) is 18.5. The number of esters is 1. The van der Waals surface area contributed by atoms with Gasteiger partial charge in [0.2, 0.25) is 0 Å². The Morgan fingerprint density at radius 2 is 2.00 bits per heavy atom. The fourth-order valence-electron chi connectivity index (χ4n) is 3.45. The first-order chi connectivity index (χ1) is 12.6. The number of carbonyl (C=O) groups is 2. The maximum absolute atomic E-state index is 12.6. The monoisotopic (exact) mass is 380 g/mol. The van der Waals surface area contributed by atoms with Crippen LogP contribution in [-0.4, -0.2) is 85.8 Å². The van der Waals surface area contributed by atoms with Crippen molar-refractivity contribution in [3.63, 3.8) is 0 Å². The van der Waals surface area contributed by atoms with E-state index in [0.717, 1.165) is 37.6 Å². The summed E-state index contributed by atoms with van der Waals surface area (Å²) in [6.07, 6.45) is 0. The number of phenolic OH excluding ortho intramolecular Hbond substituents is 1. The maximum atomic E-state index is 12.6. The second-order valence-corrected chi connectivity index (χ2v) is 7.94. The first-order valence-corrected chi connectivity index (χ1v) is 9.97. The summed E-state index contributed by atoms with van der Waals surface area (Å²) in [5.74, 6) is 0.912. The van der Waals surface area contributed by atoms with Gasteiger partial charge < -0.3 is 24.5 Å². The fourth-order valence-corrected chi connectivity index (χ4v) is 4.58. The van der Waals surface area contributed by atoms with Crippen molar-refractivity contribution in [2.24, 2.45) is 0 Å². The molecule has 2 saturated heterocycles. The largest absolute Gasteiger partial charge is 0.506 e. The molecule has 0 saturated carbocycles. The summed E-state index contributed by atoms with van der Waals surface area (Å²) in [4.78, 5) is 29.5. The number of anilines is 1. The predicted molar refractivity (Wildman–Crippen MR) is 101 cm³/mol. The van der Waals surface area contributed by atoms with Crippen LogP contribution in [0.25, 0.3) is 0 Å². The molecule has 0 bridgehead atoms. The van der Waals surface area contributed by atoms with Gasteiger partial charge in [-0.05, 0) is 12.1 Å². The highest BCUT2D eigenvalue weighted by Gasteiger charge is 2.32. The van der Waals surface area contributed by atoms with Crippen LogP contribution in [0.1, 0.15) is 0 Å². The minimum Gasteiger partial charge on any atom is -0.506 e. The van der Waals surface area contributed by atoms with Gasteiger partial charge in [0.25, 0.3) is 5.91 Å². The lowest BCUT2D eigenvalue weighted by Crippen LogP contribution is -3.16. The Kier molecular flexibility index (Phi) is 6.26. The Morgan fingerprint density at radius 1 is 1.27 bits per heavy atom. The standard InChI is InChI=1S/C18H25N3O4S/c1-25-18(24)16-12-21(10-11-26-16)17(23)13-19-6-8-20(9-7-19)14-4-2-3-5-15(14)22/h2-5,16,22H,6-13H2,1H3/p+1/t16-/m1/s1. The highest BCUT2D eigenvalue weighted by Crippen LogP contribution is 2.26. The molecule has 2 fully saturated rings. The molecule has 2 N–H and O–H groups in total. The molecule has 2 heterocycles. The van der Waals surface area contributed by atoms with Gasteiger partial charge in [0.1, 0.15) is 11.0 Å². The minimum absolute atomic E-state index is 0.102. The molecule has 0 aromatic heterocycles. The number of methoxy groups -OCH3 is 1. The molecule has 1 aromatic carbocycles. The number of hydrogen-bond acceptors (Lipinski definition) is 6. The summed E-state index contributed by atoms with van der Waals surface area (Å²) < 4.78 is 4.80. The third-order valence-corrected chi connectivity index (χ3v) is 6.14. The zero-order valence-electron chi connectivity index (χ0n) is 15.0. The van der Waals surface area contributed by atoms with E-state index < -0.39 is 0 Å². The Morgan fingerprint density at radius 3 is 2.69 bits per heavy atom. The van der Waals surface area contributed by atoms with Gasteiger partial charge in [-0.2, -0.15) is 0 Å². The Hall–Kier alpha value is -1.93. The van der Waals surface area contributed by atoms with Crippen LogP contribution in [-0.2, 0) is 14.3 Å². The Bertz CT molecular complexity index is 649. The number of carbonyl (C=O) groups excluding carboxylic acids is 2. The normalized spacial score (nSPS) is 21.5. The van der Waals surface area contributed by atoms with Gasteiger partial charge in [0.15, 0.2) is 6.54 Å². The average Bonchev–Trinajstić information content (AvgIpc) is 2.68. The molecule has 1 atom stereocenters. The van der Waals surface area contributed by atoms with Crippen molar-refractivity contribution in [3.8, 4) is 5.75 Å². The molecule has 0 aliphatic carbocycles. The summed E-state index contributed by atoms with van der Waals surface area (Å²) >= 11 is 1.56. The Labute approximate surface area is 157 Å². The van der Waals surface area contributed by atoms with Gasteiger partial charge in [-0.1, -0.05) is 12.1 Å². The lowest BCUT2D eigenvalue weighted by Gasteiger charge is -2.35. The lowest BCUT2D eigenvalue weighted by molar-refractivity contribution is -0.892. The van der Waals surface area contributed by atoms with Gasteiger partial charge in [-0.25, -0.2) is 0 Å². The lowest BCUT2D eigenvalue weighted by atomic mass is 10.2. The molecule has 7 nitrogen and oxygen atoms in total. The predicted octanol–water partition coefficient (Wildman–Crippen LogP) is -0.786. The van der Waals surface area contributed by atoms with E-state index in [-0.39, 0.29) is 17.1 Å². The van der Waals surface area contributed by atoms with Crippen molar-refractivity contribution in [3.05, 3.63) is 24.3 Å². The van der Waals surface area contributed by atoms with E-state index in [1.165, 1.54) is 12.0 Å². The molecule has 2 aliphatic rings. The fraction of sp³-hybridized carbons (Fsp3) is 0.556. The average molecular weight is 380 g/mol. The molecule has 8 heteroatoms. The van der Waals surface area contributed by atoms with Crippen molar-refractivity contribution in [2.45, 2.75) is 5.25 Å². The van der Waals surface area contributed by atoms with Crippen LogP contribution in [0.3, 0.4) is 0 Å². The quantitative estimate of drug-likeness (QED) is 0.668. The first-order valence-electron chi connectivity index (χ1n) is 8.92. The Balaban J connectivity index is 1.49. The van der Waals surface area contributed by atoms with Crippen LogP contribution in [0.15, 0.2) is 24.3 Å². The number of piperazine rings is 1. The van der Waals surface area contributed by atoms with Gasteiger partial charge in [-0.3, -0.25) is 9.59 Å². The third kappa shape index (κ3) is 4.42. The number of rotatable bonds is 4. The van der Waals surface area contributed by atoms with Crippen LogP contribution in [0, 0.1) is 0 Å². The van der Waals surface area contributed by atoms with Crippen molar-refractivity contribution in [1.29, 1.82) is 0 Å². The number of nitrogens with one attached hydrogen (secondary N) is 1. The number of benzene rings is 1. The number of quaternary nitrogens is 1. The molecular weight excluding hydrogens is 354 g/mol. The van der Waals surface area contributed by atoms with Gasteiger partial charge in [0, 0.05) is 18.8 Å². The minimum atomic E-state index is -0.273. The molecule has 2 aliphatic heterocycles. The number of ether oxygens (including phenoxy) is 1. The summed E-state index contributed by atoms with van der Waals surface area (Å²) in [6, 6.07) is 7.36. The summed E-state index contributed by atoms with van der Waals surface area (Å²) in [6.45, 7) is 4.89. The second-order valence-electron chi connectivity index (χ2n) is 6.62. The second kappa shape index (κ2) is 8.64. The SMILES string of the molecule is COC(=O)[C@H]1CN(C(=O)C[NH+]2CCN(c3ccccc3O)CC2)CCS1. The maximum Gasteiger partial charge on any atom is 0.320 e. The summed E-state index contributed by atoms with van der Waals surface area (Å²) in [5, 5.41) is 9.71. The number of thioether (sulfide) groups is 1. The van der Waals surface area contributed by atoms with Crippen LogP contribution in [0.5, 0.6) is 5.75 Å². The van der Waals surface area contributed by atoms with E-state index >= 15 is 0 Å². The summed E-state index contributed by atoms with van der Waals surface area (Å²) in [7, 11) is 1.39. The highest BCUT2D eigenvalue weighted by molar-refractivity contribution is 8.00. The van der Waals surface area contributed by atoms with E-state index in [9.17, 15) is 14.7 Å². The van der Waals surface area contributed by atoms with E-state index in [0.29, 0.717) is 25.4 Å². The van der Waals surface area contributed by atoms with Gasteiger partial charge >= 0.3 is 5.97 Å². The molecule has 0 spiro atoms. The molecule has 0 unspecified atom stereocenters. The van der Waals surface area contributed by atoms with E-state index in [1.54, 1.807) is 22.7 Å². The number of nitrogens with zero attached hydrogens (tertiary/aromatic N) is 2. The van der Waals surface area contributed by atoms with E-state index in [2.05, 4.69) is 4.90 Å². The van der Waals surface area contributed by atoms with Gasteiger partial charge in [-0.15, -0.1) is 11.8 Å². The van der Waals surface area contributed by atoms with Crippen molar-refractivity contribution in [2.75, 3.05) is 63.6 Å². The smallest absolute Gasteiger partial charge is 0.320 e. The molecular formula is C18H26N3O4S+. The molecule has 1 amide bonds. The molecule has 0 radical (unpaired) electrons. The zero-order valence-corrected chi connectivity index (χ0v) is 15.8. The summed E-state index contributed by atoms with van der Waals surface area (Å²) in [5.41, 5.74) is 0.854. The number of phenols is 1.